The minimum atomic E-state index is -0.264. The van der Waals surface area contributed by atoms with E-state index in [1.54, 1.807) is 24.3 Å². The van der Waals surface area contributed by atoms with Gasteiger partial charge in [-0.3, -0.25) is 4.79 Å². The summed E-state index contributed by atoms with van der Waals surface area (Å²) in [6.07, 6.45) is -0.264. The zero-order valence-corrected chi connectivity index (χ0v) is 16.5. The third-order valence-corrected chi connectivity index (χ3v) is 4.98. The van der Waals surface area contributed by atoms with Gasteiger partial charge in [0, 0.05) is 17.8 Å². The van der Waals surface area contributed by atoms with E-state index in [4.69, 9.17) is 16.3 Å². The average Bonchev–Trinajstić information content (AvgIpc) is 3.01. The van der Waals surface area contributed by atoms with Crippen LogP contribution in [0.25, 0.3) is 0 Å². The lowest BCUT2D eigenvalue weighted by molar-refractivity contribution is -0.113. The van der Waals surface area contributed by atoms with Crippen LogP contribution in [0.2, 0.25) is 5.02 Å². The van der Waals surface area contributed by atoms with Crippen LogP contribution in [0.5, 0.6) is 5.75 Å². The van der Waals surface area contributed by atoms with Crippen LogP contribution in [0, 0.1) is 0 Å². The van der Waals surface area contributed by atoms with E-state index >= 15 is 0 Å². The normalized spacial score (nSPS) is 11.8. The van der Waals surface area contributed by atoms with Crippen molar-refractivity contribution in [2.75, 3.05) is 11.1 Å². The van der Waals surface area contributed by atoms with Crippen molar-refractivity contribution in [1.29, 1.82) is 0 Å². The molecule has 0 radical (unpaired) electrons. The molecular weight excluding hydrogens is 384 g/mol. The number of carbonyl (C=O) groups is 1. The van der Waals surface area contributed by atoms with Crippen LogP contribution in [0.1, 0.15) is 18.9 Å². The van der Waals surface area contributed by atoms with Gasteiger partial charge in [-0.2, -0.15) is 0 Å². The molecule has 2 aromatic carbocycles. The number of aromatic nitrogens is 3. The predicted octanol–water partition coefficient (Wildman–Crippen LogP) is 4.34. The number of para-hydroxylation sites is 1. The zero-order chi connectivity index (χ0) is 19.2. The van der Waals surface area contributed by atoms with Crippen LogP contribution >= 0.6 is 23.4 Å². The minimum Gasteiger partial charge on any atom is -0.483 e. The molecule has 0 bridgehead atoms. The van der Waals surface area contributed by atoms with E-state index < -0.39 is 0 Å². The van der Waals surface area contributed by atoms with Gasteiger partial charge in [0.05, 0.1) is 5.75 Å². The van der Waals surface area contributed by atoms with Crippen molar-refractivity contribution in [2.45, 2.75) is 18.2 Å². The van der Waals surface area contributed by atoms with Crippen molar-refractivity contribution < 1.29 is 9.53 Å². The average molecular weight is 403 g/mol. The maximum Gasteiger partial charge on any atom is 0.234 e. The van der Waals surface area contributed by atoms with Crippen molar-refractivity contribution in [3.05, 3.63) is 65.4 Å². The molecule has 0 spiro atoms. The Morgan fingerprint density at radius 3 is 2.74 bits per heavy atom. The summed E-state index contributed by atoms with van der Waals surface area (Å²) in [6.45, 7) is 1.91. The molecule has 0 saturated carbocycles. The first-order valence-electron chi connectivity index (χ1n) is 8.32. The van der Waals surface area contributed by atoms with Crippen LogP contribution in [0.3, 0.4) is 0 Å². The molecule has 1 N–H and O–H groups in total. The molecule has 3 aromatic rings. The Kier molecular flexibility index (Phi) is 6.36. The van der Waals surface area contributed by atoms with Gasteiger partial charge in [0.2, 0.25) is 5.91 Å². The first kappa shape index (κ1) is 19.3. The number of thioether (sulfide) groups is 1. The minimum absolute atomic E-state index is 0.139. The van der Waals surface area contributed by atoms with Crippen LogP contribution in [-0.4, -0.2) is 26.4 Å². The van der Waals surface area contributed by atoms with E-state index in [-0.39, 0.29) is 17.8 Å². The fourth-order valence-electron chi connectivity index (χ4n) is 2.46. The molecule has 0 saturated heterocycles. The van der Waals surface area contributed by atoms with Gasteiger partial charge >= 0.3 is 0 Å². The number of hydrogen-bond acceptors (Lipinski definition) is 5. The largest absolute Gasteiger partial charge is 0.483 e. The highest BCUT2D eigenvalue weighted by molar-refractivity contribution is 7.99. The standard InChI is InChI=1S/C19H19ClN4O2S/c1-13(26-16-9-4-3-5-10-16)18-22-23-19(24(18)2)27-12-17(25)21-15-8-6-7-14(20)11-15/h3-11,13H,12H2,1-2H3,(H,21,25). The molecule has 8 heteroatoms. The summed E-state index contributed by atoms with van der Waals surface area (Å²) < 4.78 is 7.72. The van der Waals surface area contributed by atoms with Gasteiger partial charge in [0.15, 0.2) is 17.1 Å². The molecule has 1 amide bonds. The van der Waals surface area contributed by atoms with E-state index in [0.717, 1.165) is 5.75 Å². The second-order valence-electron chi connectivity index (χ2n) is 5.82. The Hall–Kier alpha value is -2.51. The summed E-state index contributed by atoms with van der Waals surface area (Å²) in [4.78, 5) is 12.1. The molecule has 1 heterocycles. The molecule has 27 heavy (non-hydrogen) atoms. The number of nitrogens with one attached hydrogen (secondary N) is 1. The van der Waals surface area contributed by atoms with Crippen LogP contribution in [0.15, 0.2) is 59.8 Å². The van der Waals surface area contributed by atoms with Crippen molar-refractivity contribution in [2.24, 2.45) is 7.05 Å². The number of halogens is 1. The SMILES string of the molecule is CC(Oc1ccccc1)c1nnc(SCC(=O)Nc2cccc(Cl)c2)n1C. The molecule has 0 aliphatic heterocycles. The third kappa shape index (κ3) is 5.24. The van der Waals surface area contributed by atoms with E-state index in [0.29, 0.717) is 21.7 Å². The van der Waals surface area contributed by atoms with E-state index in [1.807, 2.05) is 48.9 Å². The Morgan fingerprint density at radius 1 is 1.22 bits per heavy atom. The van der Waals surface area contributed by atoms with Crippen molar-refractivity contribution in [3.8, 4) is 5.75 Å². The number of anilines is 1. The van der Waals surface area contributed by atoms with Gasteiger partial charge in [0.1, 0.15) is 5.75 Å². The lowest BCUT2D eigenvalue weighted by Gasteiger charge is -2.14. The molecule has 1 aromatic heterocycles. The molecule has 1 unspecified atom stereocenters. The van der Waals surface area contributed by atoms with Crippen molar-refractivity contribution in [1.82, 2.24) is 14.8 Å². The summed E-state index contributed by atoms with van der Waals surface area (Å²) in [7, 11) is 1.86. The quantitative estimate of drug-likeness (QED) is 0.595. The second kappa shape index (κ2) is 8.92. The number of nitrogens with zero attached hydrogens (tertiary/aromatic N) is 3. The van der Waals surface area contributed by atoms with Gasteiger partial charge in [-0.15, -0.1) is 10.2 Å². The van der Waals surface area contributed by atoms with Gasteiger partial charge in [-0.1, -0.05) is 47.6 Å². The highest BCUT2D eigenvalue weighted by Crippen LogP contribution is 2.23. The van der Waals surface area contributed by atoms with E-state index in [2.05, 4.69) is 15.5 Å². The molecule has 0 aliphatic rings. The summed E-state index contributed by atoms with van der Waals surface area (Å²) >= 11 is 7.23. The first-order chi connectivity index (χ1) is 13.0. The lowest BCUT2D eigenvalue weighted by atomic mass is 10.3. The molecule has 0 fully saturated rings. The highest BCUT2D eigenvalue weighted by atomic mass is 35.5. The smallest absolute Gasteiger partial charge is 0.234 e. The Labute approximate surface area is 166 Å². The van der Waals surface area contributed by atoms with Gasteiger partial charge in [-0.05, 0) is 37.3 Å². The maximum absolute atomic E-state index is 12.1. The Balaban J connectivity index is 1.57. The van der Waals surface area contributed by atoms with Crippen LogP contribution < -0.4 is 10.1 Å². The molecule has 1 atom stereocenters. The molecular formula is C19H19ClN4O2S. The summed E-state index contributed by atoms with van der Waals surface area (Å²) in [5.41, 5.74) is 0.664. The van der Waals surface area contributed by atoms with Crippen LogP contribution in [-0.2, 0) is 11.8 Å². The Morgan fingerprint density at radius 2 is 2.00 bits per heavy atom. The fraction of sp³-hybridized carbons (Fsp3) is 0.211. The van der Waals surface area contributed by atoms with E-state index in [1.165, 1.54) is 11.8 Å². The number of hydrogen-bond donors (Lipinski definition) is 1. The molecule has 3 rings (SSSR count). The predicted molar refractivity (Wildman–Crippen MR) is 107 cm³/mol. The third-order valence-electron chi connectivity index (χ3n) is 3.73. The number of amides is 1. The fourth-order valence-corrected chi connectivity index (χ4v) is 3.36. The highest BCUT2D eigenvalue weighted by Gasteiger charge is 2.18. The van der Waals surface area contributed by atoms with Gasteiger partial charge < -0.3 is 14.6 Å². The summed E-state index contributed by atoms with van der Waals surface area (Å²) in [5, 5.41) is 12.4. The van der Waals surface area contributed by atoms with Crippen molar-refractivity contribution in [3.63, 3.8) is 0 Å². The van der Waals surface area contributed by atoms with Gasteiger partial charge in [-0.25, -0.2) is 0 Å². The van der Waals surface area contributed by atoms with E-state index in [9.17, 15) is 4.79 Å². The summed E-state index contributed by atoms with van der Waals surface area (Å²) in [5.74, 6) is 1.53. The topological polar surface area (TPSA) is 69.0 Å². The second-order valence-corrected chi connectivity index (χ2v) is 7.20. The lowest BCUT2D eigenvalue weighted by Crippen LogP contribution is -2.14. The molecule has 140 valence electrons. The number of benzene rings is 2. The zero-order valence-electron chi connectivity index (χ0n) is 14.9. The Bertz CT molecular complexity index is 917. The number of ether oxygens (including phenoxy) is 1. The molecule has 6 nitrogen and oxygen atoms in total. The van der Waals surface area contributed by atoms with Gasteiger partial charge in [0.25, 0.3) is 0 Å². The number of rotatable bonds is 7. The monoisotopic (exact) mass is 402 g/mol. The van der Waals surface area contributed by atoms with Crippen molar-refractivity contribution >= 4 is 35.0 Å². The summed E-state index contributed by atoms with van der Waals surface area (Å²) in [6, 6.07) is 16.6. The maximum atomic E-state index is 12.1. The molecule has 0 aliphatic carbocycles. The number of carbonyl (C=O) groups excluding carboxylic acids is 1. The first-order valence-corrected chi connectivity index (χ1v) is 9.68. The van der Waals surface area contributed by atoms with Crippen LogP contribution in [0.4, 0.5) is 5.69 Å².